The molecule has 0 aliphatic heterocycles. The van der Waals surface area contributed by atoms with E-state index < -0.39 is 0 Å². The molecule has 0 bridgehead atoms. The number of hydrogen-bond acceptors (Lipinski definition) is 1. The average molecular weight is 143 g/mol. The van der Waals surface area contributed by atoms with Crippen LogP contribution in [0.5, 0.6) is 0 Å². The van der Waals surface area contributed by atoms with Crippen molar-refractivity contribution in [1.29, 1.82) is 0 Å². The van der Waals surface area contributed by atoms with Crippen LogP contribution in [-0.2, 0) is 0 Å². The van der Waals surface area contributed by atoms with Crippen LogP contribution in [0.25, 0.3) is 0 Å². The van der Waals surface area contributed by atoms with Gasteiger partial charge in [0, 0.05) is 6.04 Å². The summed E-state index contributed by atoms with van der Waals surface area (Å²) >= 11 is 0. The summed E-state index contributed by atoms with van der Waals surface area (Å²) < 4.78 is 0. The fourth-order valence-corrected chi connectivity index (χ4v) is 1.21. The molecule has 0 amide bonds. The van der Waals surface area contributed by atoms with Crippen molar-refractivity contribution < 1.29 is 0 Å². The van der Waals surface area contributed by atoms with Crippen molar-refractivity contribution >= 4 is 0 Å². The minimum absolute atomic E-state index is 0.481. The maximum Gasteiger partial charge on any atom is 0.00893 e. The molecule has 62 valence electrons. The first kappa shape index (κ1) is 9.96. The first-order chi connectivity index (χ1) is 4.60. The van der Waals surface area contributed by atoms with E-state index in [2.05, 4.69) is 33.0 Å². The Morgan fingerprint density at radius 1 is 1.30 bits per heavy atom. The monoisotopic (exact) mass is 143 g/mol. The zero-order valence-corrected chi connectivity index (χ0v) is 7.99. The average Bonchev–Trinajstić information content (AvgIpc) is 2.01. The molecular formula is C9H21N. The third-order valence-electron chi connectivity index (χ3n) is 3.09. The highest BCUT2D eigenvalue weighted by Gasteiger charge is 2.25. The molecule has 0 aliphatic carbocycles. The van der Waals surface area contributed by atoms with Crippen molar-refractivity contribution in [3.8, 4) is 0 Å². The van der Waals surface area contributed by atoms with Crippen LogP contribution in [0.4, 0.5) is 0 Å². The third-order valence-corrected chi connectivity index (χ3v) is 3.09. The van der Waals surface area contributed by atoms with E-state index in [4.69, 9.17) is 0 Å². The van der Waals surface area contributed by atoms with Crippen LogP contribution < -0.4 is 5.32 Å². The minimum atomic E-state index is 0.481. The van der Waals surface area contributed by atoms with E-state index in [1.807, 2.05) is 7.05 Å². The first-order valence-electron chi connectivity index (χ1n) is 4.28. The largest absolute Gasteiger partial charge is 0.317 e. The molecule has 0 spiro atoms. The van der Waals surface area contributed by atoms with Crippen LogP contribution in [0.2, 0.25) is 0 Å². The van der Waals surface area contributed by atoms with E-state index in [9.17, 15) is 0 Å². The van der Waals surface area contributed by atoms with Crippen molar-refractivity contribution in [2.45, 2.75) is 46.6 Å². The molecule has 10 heavy (non-hydrogen) atoms. The molecule has 1 unspecified atom stereocenters. The highest BCUT2D eigenvalue weighted by Crippen LogP contribution is 2.28. The van der Waals surface area contributed by atoms with Crippen LogP contribution in [0.3, 0.4) is 0 Å². The van der Waals surface area contributed by atoms with Crippen LogP contribution in [-0.4, -0.2) is 13.1 Å². The lowest BCUT2D eigenvalue weighted by Gasteiger charge is -2.33. The second-order valence-corrected chi connectivity index (χ2v) is 3.37. The molecular weight excluding hydrogens is 122 g/mol. The van der Waals surface area contributed by atoms with Crippen molar-refractivity contribution in [3.05, 3.63) is 0 Å². The number of rotatable bonds is 4. The minimum Gasteiger partial charge on any atom is -0.317 e. The van der Waals surface area contributed by atoms with Gasteiger partial charge in [-0.3, -0.25) is 0 Å². The molecule has 0 heterocycles. The summed E-state index contributed by atoms with van der Waals surface area (Å²) in [7, 11) is 2.04. The summed E-state index contributed by atoms with van der Waals surface area (Å²) in [5.41, 5.74) is 0.481. The number of nitrogens with one attached hydrogen (secondary N) is 1. The topological polar surface area (TPSA) is 12.0 Å². The second-order valence-electron chi connectivity index (χ2n) is 3.37. The smallest absolute Gasteiger partial charge is 0.00893 e. The summed E-state index contributed by atoms with van der Waals surface area (Å²) in [5, 5.41) is 3.31. The Balaban J connectivity index is 4.02. The SMILES string of the molecule is CCC(C)(CC)C(C)NC. The van der Waals surface area contributed by atoms with Crippen molar-refractivity contribution in [1.82, 2.24) is 5.32 Å². The number of hydrogen-bond donors (Lipinski definition) is 1. The van der Waals surface area contributed by atoms with Gasteiger partial charge in [0.2, 0.25) is 0 Å². The van der Waals surface area contributed by atoms with Gasteiger partial charge in [-0.2, -0.15) is 0 Å². The van der Waals surface area contributed by atoms with Gasteiger partial charge in [0.1, 0.15) is 0 Å². The Bertz CT molecular complexity index is 84.7. The molecule has 1 heteroatoms. The zero-order chi connectivity index (χ0) is 8.20. The Kier molecular flexibility index (Phi) is 3.95. The van der Waals surface area contributed by atoms with Gasteiger partial charge in [0.15, 0.2) is 0 Å². The molecule has 0 radical (unpaired) electrons. The first-order valence-corrected chi connectivity index (χ1v) is 4.28. The zero-order valence-electron chi connectivity index (χ0n) is 7.99. The highest BCUT2D eigenvalue weighted by atomic mass is 14.9. The summed E-state index contributed by atoms with van der Waals surface area (Å²) in [6.07, 6.45) is 2.51. The third kappa shape index (κ3) is 1.98. The van der Waals surface area contributed by atoms with Crippen LogP contribution >= 0.6 is 0 Å². The maximum atomic E-state index is 3.31. The van der Waals surface area contributed by atoms with Crippen LogP contribution in [0.1, 0.15) is 40.5 Å². The Morgan fingerprint density at radius 3 is 1.80 bits per heavy atom. The predicted octanol–water partition coefficient (Wildman–Crippen LogP) is 2.42. The standard InChI is InChI=1S/C9H21N/c1-6-9(4,7-2)8(3)10-5/h8,10H,6-7H2,1-5H3. The molecule has 1 atom stereocenters. The van der Waals surface area contributed by atoms with Gasteiger partial charge in [-0.05, 0) is 32.2 Å². The lowest BCUT2D eigenvalue weighted by atomic mass is 9.78. The summed E-state index contributed by atoms with van der Waals surface area (Å²) in [6, 6.07) is 0.627. The normalized spacial score (nSPS) is 15.3. The van der Waals surface area contributed by atoms with Gasteiger partial charge in [-0.25, -0.2) is 0 Å². The lowest BCUT2D eigenvalue weighted by molar-refractivity contribution is 0.218. The summed E-state index contributed by atoms with van der Waals surface area (Å²) in [4.78, 5) is 0. The van der Waals surface area contributed by atoms with Gasteiger partial charge in [0.25, 0.3) is 0 Å². The van der Waals surface area contributed by atoms with E-state index in [0.717, 1.165) is 0 Å². The maximum absolute atomic E-state index is 3.31. The highest BCUT2D eigenvalue weighted by molar-refractivity contribution is 4.80. The van der Waals surface area contributed by atoms with Gasteiger partial charge in [0.05, 0.1) is 0 Å². The lowest BCUT2D eigenvalue weighted by Crippen LogP contribution is -2.38. The molecule has 0 aromatic carbocycles. The van der Waals surface area contributed by atoms with E-state index >= 15 is 0 Å². The molecule has 0 aliphatic rings. The second kappa shape index (κ2) is 3.97. The molecule has 0 aromatic heterocycles. The molecule has 0 fully saturated rings. The van der Waals surface area contributed by atoms with E-state index in [1.165, 1.54) is 12.8 Å². The molecule has 0 saturated carbocycles. The van der Waals surface area contributed by atoms with Crippen LogP contribution in [0.15, 0.2) is 0 Å². The van der Waals surface area contributed by atoms with Crippen molar-refractivity contribution in [2.75, 3.05) is 7.05 Å². The Morgan fingerprint density at radius 2 is 1.70 bits per heavy atom. The summed E-state index contributed by atoms with van der Waals surface area (Å²) in [5.74, 6) is 0. The van der Waals surface area contributed by atoms with Gasteiger partial charge < -0.3 is 5.32 Å². The van der Waals surface area contributed by atoms with Gasteiger partial charge in [-0.15, -0.1) is 0 Å². The molecule has 1 nitrogen and oxygen atoms in total. The fourth-order valence-electron chi connectivity index (χ4n) is 1.21. The fraction of sp³-hybridized carbons (Fsp3) is 1.00. The van der Waals surface area contributed by atoms with Crippen LogP contribution in [0, 0.1) is 5.41 Å². The molecule has 1 N–H and O–H groups in total. The molecule has 0 saturated heterocycles. The van der Waals surface area contributed by atoms with Gasteiger partial charge in [-0.1, -0.05) is 20.8 Å². The van der Waals surface area contributed by atoms with E-state index in [1.54, 1.807) is 0 Å². The van der Waals surface area contributed by atoms with Crippen molar-refractivity contribution in [3.63, 3.8) is 0 Å². The van der Waals surface area contributed by atoms with E-state index in [0.29, 0.717) is 11.5 Å². The predicted molar refractivity (Wildman–Crippen MR) is 47.2 cm³/mol. The summed E-state index contributed by atoms with van der Waals surface area (Å²) in [6.45, 7) is 9.12. The quantitative estimate of drug-likeness (QED) is 0.637. The van der Waals surface area contributed by atoms with Gasteiger partial charge >= 0.3 is 0 Å². The molecule has 0 aromatic rings. The Labute approximate surface area is 65.2 Å². The Hall–Kier alpha value is -0.0400. The van der Waals surface area contributed by atoms with Crippen molar-refractivity contribution in [2.24, 2.45) is 5.41 Å². The van der Waals surface area contributed by atoms with E-state index in [-0.39, 0.29) is 0 Å². The molecule has 0 rings (SSSR count).